The van der Waals surface area contributed by atoms with Gasteiger partial charge in [-0.05, 0) is 29.0 Å². The highest BCUT2D eigenvalue weighted by atomic mass is 19.1. The highest BCUT2D eigenvalue weighted by Gasteiger charge is 2.06. The lowest BCUT2D eigenvalue weighted by molar-refractivity contribution is 0.300. The summed E-state index contributed by atoms with van der Waals surface area (Å²) in [4.78, 5) is 0. The van der Waals surface area contributed by atoms with Gasteiger partial charge in [-0.1, -0.05) is 42.5 Å². The summed E-state index contributed by atoms with van der Waals surface area (Å²) >= 11 is 0. The van der Waals surface area contributed by atoms with E-state index in [9.17, 15) is 4.39 Å². The summed E-state index contributed by atoms with van der Waals surface area (Å²) in [5, 5.41) is 9.50. The van der Waals surface area contributed by atoms with E-state index >= 15 is 0 Å². The maximum atomic E-state index is 13.9. The molecule has 0 aromatic heterocycles. The van der Waals surface area contributed by atoms with E-state index in [0.717, 1.165) is 10.8 Å². The Bertz CT molecular complexity index is 845. The zero-order chi connectivity index (χ0) is 15.5. The minimum atomic E-state index is -0.423. The fourth-order valence-corrected chi connectivity index (χ4v) is 2.25. The van der Waals surface area contributed by atoms with Crippen molar-refractivity contribution in [3.63, 3.8) is 0 Å². The minimum Gasteiger partial charge on any atom is -0.489 e. The van der Waals surface area contributed by atoms with Crippen molar-refractivity contribution in [1.82, 2.24) is 0 Å². The molecule has 3 aromatic carbocycles. The van der Waals surface area contributed by atoms with Crippen molar-refractivity contribution in [1.29, 1.82) is 5.41 Å². The fourth-order valence-electron chi connectivity index (χ4n) is 2.25. The molecule has 0 amide bonds. The molecule has 3 rings (SSSR count). The lowest BCUT2D eigenvalue weighted by Gasteiger charge is -2.09. The van der Waals surface area contributed by atoms with Gasteiger partial charge in [0.25, 0.3) is 0 Å². The lowest BCUT2D eigenvalue weighted by Crippen LogP contribution is -2.12. The Morgan fingerprint density at radius 3 is 2.50 bits per heavy atom. The molecule has 0 saturated carbocycles. The first kappa shape index (κ1) is 14.1. The molecule has 0 unspecified atom stereocenters. The summed E-state index contributed by atoms with van der Waals surface area (Å²) in [6, 6.07) is 18.2. The Hall–Kier alpha value is -2.88. The molecule has 0 aliphatic rings. The van der Waals surface area contributed by atoms with E-state index in [2.05, 4.69) is 0 Å². The van der Waals surface area contributed by atoms with Crippen molar-refractivity contribution in [2.45, 2.75) is 6.61 Å². The molecule has 0 bridgehead atoms. The SMILES string of the molecule is N=C(N)c1ccc(COc2ccc3ccccc3c2)c(F)c1. The standard InChI is InChI=1S/C18H15FN2O/c19-17-10-14(18(20)21)5-6-15(17)11-22-16-8-7-12-3-1-2-4-13(12)9-16/h1-10H,11H2,(H3,20,21). The number of hydrogen-bond donors (Lipinski definition) is 2. The van der Waals surface area contributed by atoms with Gasteiger partial charge in [-0.2, -0.15) is 0 Å². The number of nitrogens with two attached hydrogens (primary N) is 1. The van der Waals surface area contributed by atoms with Crippen molar-refractivity contribution >= 4 is 16.6 Å². The van der Waals surface area contributed by atoms with Gasteiger partial charge in [-0.15, -0.1) is 0 Å². The molecule has 0 aliphatic carbocycles. The van der Waals surface area contributed by atoms with Gasteiger partial charge in [-0.25, -0.2) is 4.39 Å². The zero-order valence-corrected chi connectivity index (χ0v) is 11.8. The van der Waals surface area contributed by atoms with E-state index in [0.29, 0.717) is 16.9 Å². The Morgan fingerprint density at radius 1 is 1.00 bits per heavy atom. The molecule has 0 fully saturated rings. The smallest absolute Gasteiger partial charge is 0.130 e. The van der Waals surface area contributed by atoms with E-state index in [1.807, 2.05) is 42.5 Å². The third-order valence-corrected chi connectivity index (χ3v) is 3.48. The van der Waals surface area contributed by atoms with Gasteiger partial charge in [0.05, 0.1) is 0 Å². The number of fused-ring (bicyclic) bond motifs is 1. The Balaban J connectivity index is 1.77. The van der Waals surface area contributed by atoms with E-state index < -0.39 is 5.82 Å². The molecule has 0 atom stereocenters. The molecule has 0 radical (unpaired) electrons. The van der Waals surface area contributed by atoms with Gasteiger partial charge in [-0.3, -0.25) is 5.41 Å². The van der Waals surface area contributed by atoms with Crippen LogP contribution in [0, 0.1) is 11.2 Å². The van der Waals surface area contributed by atoms with Crippen molar-refractivity contribution in [3.8, 4) is 5.75 Å². The Morgan fingerprint density at radius 2 is 1.77 bits per heavy atom. The predicted octanol–water partition coefficient (Wildman–Crippen LogP) is 3.84. The van der Waals surface area contributed by atoms with E-state index in [1.54, 1.807) is 12.1 Å². The second-order valence-electron chi connectivity index (χ2n) is 5.02. The molecule has 0 spiro atoms. The molecule has 3 aromatic rings. The van der Waals surface area contributed by atoms with E-state index in [4.69, 9.17) is 15.9 Å². The molecule has 4 heteroatoms. The molecule has 110 valence electrons. The van der Waals surface area contributed by atoms with Gasteiger partial charge in [0.15, 0.2) is 0 Å². The third-order valence-electron chi connectivity index (χ3n) is 3.48. The van der Waals surface area contributed by atoms with Crippen LogP contribution in [0.2, 0.25) is 0 Å². The van der Waals surface area contributed by atoms with Crippen molar-refractivity contribution in [2.24, 2.45) is 5.73 Å². The average molecular weight is 294 g/mol. The number of hydrogen-bond acceptors (Lipinski definition) is 2. The quantitative estimate of drug-likeness (QED) is 0.567. The predicted molar refractivity (Wildman–Crippen MR) is 85.7 cm³/mol. The van der Waals surface area contributed by atoms with Gasteiger partial charge in [0.1, 0.15) is 24.0 Å². The maximum absolute atomic E-state index is 13.9. The Labute approximate surface area is 127 Å². The van der Waals surface area contributed by atoms with Crippen LogP contribution >= 0.6 is 0 Å². The van der Waals surface area contributed by atoms with Crippen LogP contribution < -0.4 is 10.5 Å². The highest BCUT2D eigenvalue weighted by Crippen LogP contribution is 2.22. The number of benzene rings is 3. The maximum Gasteiger partial charge on any atom is 0.130 e. The number of nitrogen functional groups attached to an aromatic ring is 1. The number of nitrogens with one attached hydrogen (secondary N) is 1. The second-order valence-corrected chi connectivity index (χ2v) is 5.02. The normalized spacial score (nSPS) is 10.6. The summed E-state index contributed by atoms with van der Waals surface area (Å²) in [7, 11) is 0. The summed E-state index contributed by atoms with van der Waals surface area (Å²) in [6.07, 6.45) is 0. The van der Waals surface area contributed by atoms with Crippen LogP contribution in [0.4, 0.5) is 4.39 Å². The summed E-state index contributed by atoms with van der Waals surface area (Å²) in [5.74, 6) is 0.114. The van der Waals surface area contributed by atoms with Gasteiger partial charge in [0, 0.05) is 11.1 Å². The van der Waals surface area contributed by atoms with E-state index in [-0.39, 0.29) is 12.4 Å². The second kappa shape index (κ2) is 5.85. The Kier molecular flexibility index (Phi) is 3.74. The fraction of sp³-hybridized carbons (Fsp3) is 0.0556. The largest absolute Gasteiger partial charge is 0.489 e. The monoisotopic (exact) mass is 294 g/mol. The van der Waals surface area contributed by atoms with Crippen molar-refractivity contribution in [3.05, 3.63) is 77.6 Å². The molecular formula is C18H15FN2O. The topological polar surface area (TPSA) is 59.1 Å². The van der Waals surface area contributed by atoms with Gasteiger partial charge >= 0.3 is 0 Å². The van der Waals surface area contributed by atoms with Crippen LogP contribution in [0.25, 0.3) is 10.8 Å². The van der Waals surface area contributed by atoms with Crippen LogP contribution in [-0.2, 0) is 6.61 Å². The van der Waals surface area contributed by atoms with Gasteiger partial charge in [0.2, 0.25) is 0 Å². The first-order valence-corrected chi connectivity index (χ1v) is 6.88. The number of rotatable bonds is 4. The lowest BCUT2D eigenvalue weighted by atomic mass is 10.1. The van der Waals surface area contributed by atoms with Gasteiger partial charge < -0.3 is 10.5 Å². The first-order valence-electron chi connectivity index (χ1n) is 6.88. The van der Waals surface area contributed by atoms with Crippen molar-refractivity contribution < 1.29 is 9.13 Å². The molecule has 22 heavy (non-hydrogen) atoms. The summed E-state index contributed by atoms with van der Waals surface area (Å²) < 4.78 is 19.6. The van der Waals surface area contributed by atoms with E-state index in [1.165, 1.54) is 6.07 Å². The van der Waals surface area contributed by atoms with Crippen LogP contribution in [0.1, 0.15) is 11.1 Å². The summed E-state index contributed by atoms with van der Waals surface area (Å²) in [5.41, 5.74) is 6.13. The molecule has 0 saturated heterocycles. The van der Waals surface area contributed by atoms with Crippen LogP contribution in [0.3, 0.4) is 0 Å². The number of ether oxygens (including phenoxy) is 1. The molecule has 3 nitrogen and oxygen atoms in total. The van der Waals surface area contributed by atoms with Crippen molar-refractivity contribution in [2.75, 3.05) is 0 Å². The van der Waals surface area contributed by atoms with Crippen LogP contribution in [0.5, 0.6) is 5.75 Å². The molecular weight excluding hydrogens is 279 g/mol. The molecule has 3 N–H and O–H groups in total. The number of amidine groups is 1. The van der Waals surface area contributed by atoms with Crippen LogP contribution in [0.15, 0.2) is 60.7 Å². The third kappa shape index (κ3) is 2.91. The highest BCUT2D eigenvalue weighted by molar-refractivity contribution is 5.94. The average Bonchev–Trinajstić information content (AvgIpc) is 2.53. The first-order chi connectivity index (χ1) is 10.6. The number of halogens is 1. The zero-order valence-electron chi connectivity index (χ0n) is 11.8. The van der Waals surface area contributed by atoms with Crippen LogP contribution in [-0.4, -0.2) is 5.84 Å². The molecule has 0 heterocycles. The summed E-state index contributed by atoms with van der Waals surface area (Å²) in [6.45, 7) is 0.127. The molecule has 0 aliphatic heterocycles. The minimum absolute atomic E-state index is 0.127.